The minimum Gasteiger partial charge on any atom is -0.284 e. The summed E-state index contributed by atoms with van der Waals surface area (Å²) in [6.07, 6.45) is 25.6. The van der Waals surface area contributed by atoms with E-state index >= 15 is 0 Å². The third kappa shape index (κ3) is 6.56. The number of nitrogens with zero attached hydrogens (tertiary/aromatic N) is 1. The van der Waals surface area contributed by atoms with Gasteiger partial charge in [-0.3, -0.25) is 10.3 Å². The van der Waals surface area contributed by atoms with E-state index in [1.807, 2.05) is 22.7 Å². The van der Waals surface area contributed by atoms with Crippen molar-refractivity contribution in [1.82, 2.24) is 5.32 Å². The topological polar surface area (TPSA) is 24.4 Å². The summed E-state index contributed by atoms with van der Waals surface area (Å²) in [7, 11) is 0. The molecule has 4 aliphatic carbocycles. The molecule has 1 saturated carbocycles. The molecule has 1 N–H and O–H groups in total. The third-order valence-electron chi connectivity index (χ3n) is 15.2. The second kappa shape index (κ2) is 15.4. The zero-order valence-corrected chi connectivity index (χ0v) is 37.8. The van der Waals surface area contributed by atoms with Crippen molar-refractivity contribution in [3.63, 3.8) is 0 Å². The Hall–Kier alpha value is -5.91. The largest absolute Gasteiger partial charge is 0.284 e. The van der Waals surface area contributed by atoms with Crippen LogP contribution in [-0.2, 0) is 0 Å². The lowest BCUT2D eigenvalue weighted by molar-refractivity contribution is 0.362. The van der Waals surface area contributed by atoms with Crippen LogP contribution in [0, 0.1) is 23.2 Å². The molecule has 1 fully saturated rings. The zero-order valence-electron chi connectivity index (χ0n) is 36.1. The summed E-state index contributed by atoms with van der Waals surface area (Å²) in [6.45, 7) is 2.43. The van der Waals surface area contributed by atoms with Gasteiger partial charge < -0.3 is 0 Å². The predicted octanol–water partition coefficient (Wildman–Crippen LogP) is 16.8. The van der Waals surface area contributed by atoms with Crippen LogP contribution < -0.4 is 5.32 Å². The number of benzene rings is 6. The van der Waals surface area contributed by atoms with Gasteiger partial charge in [0.1, 0.15) is 6.17 Å². The molecule has 5 aliphatic rings. The van der Waals surface area contributed by atoms with Crippen LogP contribution in [0.4, 0.5) is 0 Å². The Morgan fingerprint density at radius 3 is 1.98 bits per heavy atom. The molecule has 2 nitrogen and oxygen atoms in total. The van der Waals surface area contributed by atoms with Gasteiger partial charge in [-0.15, -0.1) is 22.7 Å². The van der Waals surface area contributed by atoms with Gasteiger partial charge in [-0.2, -0.15) is 0 Å². The van der Waals surface area contributed by atoms with E-state index in [0.717, 1.165) is 32.1 Å². The molecule has 0 radical (unpaired) electrons. The molecule has 1 aliphatic heterocycles. The summed E-state index contributed by atoms with van der Waals surface area (Å²) in [5.74, 6) is 1.36. The molecule has 8 aromatic rings. The molecule has 0 bridgehead atoms. The molecule has 3 heterocycles. The highest BCUT2D eigenvalue weighted by molar-refractivity contribution is 7.26. The van der Waals surface area contributed by atoms with Gasteiger partial charge in [0, 0.05) is 69.3 Å². The average Bonchev–Trinajstić information content (AvgIpc) is 3.84. The lowest BCUT2D eigenvalue weighted by Crippen LogP contribution is -2.41. The van der Waals surface area contributed by atoms with Crippen LogP contribution in [0.3, 0.4) is 0 Å². The SMILES string of the molecule is CC1C(C2CC=CCC2)=NC(c2cccc(C3=CC=C(C45C=CC=CC4C5)CC3)c2)N[C@H]1c1cc(-c2ccc3sc4ccccc4c3c2)cc(-c2ccc3sc4ccccc4c3c2)c1. The van der Waals surface area contributed by atoms with E-state index < -0.39 is 0 Å². The molecule has 6 atom stereocenters. The monoisotopic (exact) mass is 862 g/mol. The van der Waals surface area contributed by atoms with Crippen LogP contribution in [0.2, 0.25) is 0 Å². The minimum absolute atomic E-state index is 0.0740. The molecule has 5 unspecified atom stereocenters. The second-order valence-electron chi connectivity index (χ2n) is 18.9. The predicted molar refractivity (Wildman–Crippen MR) is 275 cm³/mol. The molecule has 6 aromatic carbocycles. The van der Waals surface area contributed by atoms with Crippen molar-refractivity contribution in [3.05, 3.63) is 198 Å². The van der Waals surface area contributed by atoms with Crippen LogP contribution in [0.5, 0.6) is 0 Å². The zero-order chi connectivity index (χ0) is 42.4. The Balaban J connectivity index is 0.921. The van der Waals surface area contributed by atoms with Crippen molar-refractivity contribution < 1.29 is 0 Å². The Morgan fingerprint density at radius 1 is 0.609 bits per heavy atom. The van der Waals surface area contributed by atoms with E-state index in [0.29, 0.717) is 11.8 Å². The summed E-state index contributed by atoms with van der Waals surface area (Å²) in [5.41, 5.74) is 13.6. The lowest BCUT2D eigenvalue weighted by Gasteiger charge is -2.39. The molecular weight excluding hydrogens is 813 g/mol. The molecule has 0 spiro atoms. The van der Waals surface area contributed by atoms with Crippen molar-refractivity contribution in [1.29, 1.82) is 0 Å². The first-order chi connectivity index (χ1) is 31.5. The number of thiophene rings is 2. The average molecular weight is 863 g/mol. The van der Waals surface area contributed by atoms with E-state index in [9.17, 15) is 0 Å². The third-order valence-corrected chi connectivity index (χ3v) is 17.5. The number of hydrogen-bond acceptors (Lipinski definition) is 4. The number of allylic oxidation sites excluding steroid dienone is 10. The van der Waals surface area contributed by atoms with Gasteiger partial charge in [0.25, 0.3) is 0 Å². The van der Waals surface area contributed by atoms with Gasteiger partial charge in [0.05, 0.1) is 0 Å². The van der Waals surface area contributed by atoms with E-state index in [1.165, 1.54) is 97.0 Å². The molecule has 4 heteroatoms. The van der Waals surface area contributed by atoms with Crippen LogP contribution in [0.25, 0.3) is 68.2 Å². The number of nitrogens with one attached hydrogen (secondary N) is 1. The smallest absolute Gasteiger partial charge is 0.126 e. The highest BCUT2D eigenvalue weighted by atomic mass is 32.1. The fourth-order valence-corrected chi connectivity index (χ4v) is 13.8. The second-order valence-corrected chi connectivity index (χ2v) is 21.1. The molecular formula is C60H50N2S2. The van der Waals surface area contributed by atoms with Gasteiger partial charge in [0.2, 0.25) is 0 Å². The van der Waals surface area contributed by atoms with Crippen LogP contribution in [0.1, 0.15) is 74.3 Å². The van der Waals surface area contributed by atoms with Crippen LogP contribution in [-0.4, -0.2) is 5.71 Å². The van der Waals surface area contributed by atoms with E-state index in [-0.39, 0.29) is 23.5 Å². The Kier molecular flexibility index (Phi) is 9.26. The fourth-order valence-electron chi connectivity index (χ4n) is 11.7. The number of rotatable bonds is 7. The quantitative estimate of drug-likeness (QED) is 0.159. The first-order valence-corrected chi connectivity index (χ1v) is 25.0. The summed E-state index contributed by atoms with van der Waals surface area (Å²) in [6, 6.07) is 48.7. The van der Waals surface area contributed by atoms with E-state index in [1.54, 1.807) is 5.57 Å². The van der Waals surface area contributed by atoms with Crippen molar-refractivity contribution in [3.8, 4) is 22.3 Å². The maximum atomic E-state index is 5.71. The Labute approximate surface area is 383 Å². The van der Waals surface area contributed by atoms with Crippen molar-refractivity contribution in [2.45, 2.75) is 57.7 Å². The van der Waals surface area contributed by atoms with Gasteiger partial charge in [-0.1, -0.05) is 128 Å². The molecule has 64 heavy (non-hydrogen) atoms. The normalized spacial score (nSPS) is 25.1. The van der Waals surface area contributed by atoms with E-state index in [4.69, 9.17) is 4.99 Å². The van der Waals surface area contributed by atoms with E-state index in [2.05, 4.69) is 188 Å². The van der Waals surface area contributed by atoms with Crippen LogP contribution >= 0.6 is 22.7 Å². The first-order valence-electron chi connectivity index (χ1n) is 23.4. The minimum atomic E-state index is -0.142. The summed E-state index contributed by atoms with van der Waals surface area (Å²) in [4.78, 5) is 5.71. The highest BCUT2D eigenvalue weighted by Gasteiger charge is 2.53. The van der Waals surface area contributed by atoms with Gasteiger partial charge in [-0.25, -0.2) is 0 Å². The Morgan fingerprint density at radius 2 is 1.31 bits per heavy atom. The maximum absolute atomic E-state index is 5.71. The van der Waals surface area contributed by atoms with Crippen LogP contribution in [0.15, 0.2) is 187 Å². The maximum Gasteiger partial charge on any atom is 0.126 e. The number of fused-ring (bicyclic) bond motifs is 7. The summed E-state index contributed by atoms with van der Waals surface area (Å²) >= 11 is 3.77. The molecule has 13 rings (SSSR count). The summed E-state index contributed by atoms with van der Waals surface area (Å²) in [5, 5.41) is 9.54. The number of hydrogen-bond donors (Lipinski definition) is 1. The van der Waals surface area contributed by atoms with Gasteiger partial charge in [0.15, 0.2) is 0 Å². The highest BCUT2D eigenvalue weighted by Crippen LogP contribution is 2.62. The Bertz CT molecular complexity index is 3250. The van der Waals surface area contributed by atoms with Gasteiger partial charge in [-0.05, 0) is 150 Å². The number of aliphatic imine (C=N–C) groups is 1. The standard InChI is InChI=1S/C60H50N2S2/c1-37-57(39-12-3-2-4-13-39)61-59(43-15-11-14-40(30-43)38-21-25-47(26-22-38)60-29-10-9-16-48(60)36-60)62-58(37)46-32-44(41-23-27-55-51(34-41)49-17-5-7-19-53(49)63-55)31-45(33-46)42-24-28-56-52(35-42)50-18-6-8-20-54(50)64-56/h2-3,5-11,14-21,23-25,27-35,37,39,48,58-59,62H,4,12-13,22,26,36H2,1H3/t37?,39?,48?,58-,59?,60?/m1/s1. The fraction of sp³-hybridized carbons (Fsp3) is 0.217. The van der Waals surface area contributed by atoms with Gasteiger partial charge >= 0.3 is 0 Å². The summed E-state index contributed by atoms with van der Waals surface area (Å²) < 4.78 is 5.35. The molecule has 0 saturated heterocycles. The first kappa shape index (κ1) is 38.5. The van der Waals surface area contributed by atoms with Crippen molar-refractivity contribution in [2.24, 2.45) is 28.2 Å². The lowest BCUT2D eigenvalue weighted by atomic mass is 9.77. The molecule has 312 valence electrons. The van der Waals surface area contributed by atoms with Crippen molar-refractivity contribution >= 4 is 74.3 Å². The molecule has 0 amide bonds. The van der Waals surface area contributed by atoms with Crippen molar-refractivity contribution in [2.75, 3.05) is 0 Å². The molecule has 2 aromatic heterocycles.